The van der Waals surface area contributed by atoms with Gasteiger partial charge in [0.15, 0.2) is 0 Å². The minimum absolute atomic E-state index is 0.0259. The van der Waals surface area contributed by atoms with E-state index in [1.165, 1.54) is 0 Å². The monoisotopic (exact) mass is 310 g/mol. The highest BCUT2D eigenvalue weighted by molar-refractivity contribution is 6.07. The van der Waals surface area contributed by atoms with Gasteiger partial charge in [-0.05, 0) is 30.7 Å². The first-order valence-electron chi connectivity index (χ1n) is 7.51. The lowest BCUT2D eigenvalue weighted by Crippen LogP contribution is -2.41. The highest BCUT2D eigenvalue weighted by Crippen LogP contribution is 2.27. The second-order valence-corrected chi connectivity index (χ2v) is 5.37. The molecule has 2 aromatic rings. The Bertz CT molecular complexity index is 715. The van der Waals surface area contributed by atoms with E-state index >= 15 is 0 Å². The third-order valence-corrected chi connectivity index (χ3v) is 3.89. The van der Waals surface area contributed by atoms with Crippen LogP contribution < -0.4 is 15.0 Å². The molecule has 5 nitrogen and oxygen atoms in total. The second-order valence-electron chi connectivity index (χ2n) is 5.37. The molecule has 1 aliphatic heterocycles. The highest BCUT2D eigenvalue weighted by atomic mass is 16.5. The zero-order valence-electron chi connectivity index (χ0n) is 12.9. The van der Waals surface area contributed by atoms with E-state index < -0.39 is 6.04 Å². The van der Waals surface area contributed by atoms with Crippen molar-refractivity contribution in [3.05, 3.63) is 54.6 Å². The van der Waals surface area contributed by atoms with Gasteiger partial charge in [0, 0.05) is 23.9 Å². The molecule has 1 atom stereocenters. The Kier molecular flexibility index (Phi) is 4.28. The average Bonchev–Trinajstić information content (AvgIpc) is 2.97. The lowest BCUT2D eigenvalue weighted by atomic mass is 10.2. The summed E-state index contributed by atoms with van der Waals surface area (Å²) in [5.41, 5.74) is 1.41. The number of hydrogen-bond donors (Lipinski definition) is 1. The maximum atomic E-state index is 12.6. The number of benzene rings is 2. The van der Waals surface area contributed by atoms with Crippen molar-refractivity contribution in [2.45, 2.75) is 18.9 Å². The summed E-state index contributed by atoms with van der Waals surface area (Å²) in [5.74, 6) is 0.458. The molecule has 5 heteroatoms. The van der Waals surface area contributed by atoms with Crippen molar-refractivity contribution in [2.75, 3.05) is 17.3 Å². The molecule has 1 N–H and O–H groups in total. The summed E-state index contributed by atoms with van der Waals surface area (Å²) in [6.45, 7) is 0. The molecule has 0 radical (unpaired) electrons. The van der Waals surface area contributed by atoms with Gasteiger partial charge in [-0.2, -0.15) is 0 Å². The summed E-state index contributed by atoms with van der Waals surface area (Å²) >= 11 is 0. The van der Waals surface area contributed by atoms with Crippen LogP contribution in [0.5, 0.6) is 5.75 Å². The third-order valence-electron chi connectivity index (χ3n) is 3.89. The molecule has 1 fully saturated rings. The maximum absolute atomic E-state index is 12.6. The predicted octanol–water partition coefficient (Wildman–Crippen LogP) is 2.83. The quantitative estimate of drug-likeness (QED) is 0.944. The van der Waals surface area contributed by atoms with Gasteiger partial charge in [-0.1, -0.05) is 24.3 Å². The van der Waals surface area contributed by atoms with Gasteiger partial charge < -0.3 is 10.1 Å². The van der Waals surface area contributed by atoms with Crippen molar-refractivity contribution in [1.82, 2.24) is 0 Å². The Balaban J connectivity index is 1.79. The van der Waals surface area contributed by atoms with E-state index in [1.807, 2.05) is 42.5 Å². The van der Waals surface area contributed by atoms with Crippen LogP contribution in [0.1, 0.15) is 12.8 Å². The van der Waals surface area contributed by atoms with Crippen LogP contribution in [-0.2, 0) is 9.59 Å². The molecular weight excluding hydrogens is 292 g/mol. The van der Waals surface area contributed by atoms with Crippen LogP contribution in [0.3, 0.4) is 0 Å². The van der Waals surface area contributed by atoms with Crippen molar-refractivity contribution in [1.29, 1.82) is 0 Å². The molecule has 0 bridgehead atoms. The molecular formula is C18H18N2O3. The summed E-state index contributed by atoms with van der Waals surface area (Å²) in [6, 6.07) is 16.0. The molecule has 0 saturated carbocycles. The Morgan fingerprint density at radius 2 is 1.96 bits per heavy atom. The van der Waals surface area contributed by atoms with Crippen molar-refractivity contribution < 1.29 is 14.3 Å². The van der Waals surface area contributed by atoms with E-state index in [2.05, 4.69) is 5.32 Å². The number of anilines is 2. The molecule has 1 heterocycles. The lowest BCUT2D eigenvalue weighted by molar-refractivity contribution is -0.120. The topological polar surface area (TPSA) is 58.6 Å². The molecule has 2 aromatic carbocycles. The van der Waals surface area contributed by atoms with Gasteiger partial charge in [0.25, 0.3) is 0 Å². The smallest absolute Gasteiger partial charge is 0.247 e. The van der Waals surface area contributed by atoms with Gasteiger partial charge in [0.1, 0.15) is 11.8 Å². The molecule has 23 heavy (non-hydrogen) atoms. The number of nitrogens with zero attached hydrogens (tertiary/aromatic N) is 1. The first-order chi connectivity index (χ1) is 11.2. The van der Waals surface area contributed by atoms with E-state index in [0.29, 0.717) is 24.3 Å². The Morgan fingerprint density at radius 1 is 1.17 bits per heavy atom. The molecule has 1 saturated heterocycles. The van der Waals surface area contributed by atoms with Crippen LogP contribution >= 0.6 is 0 Å². The molecule has 0 aromatic heterocycles. The van der Waals surface area contributed by atoms with Gasteiger partial charge in [-0.15, -0.1) is 0 Å². The molecule has 3 rings (SSSR count). The van der Waals surface area contributed by atoms with E-state index in [9.17, 15) is 9.59 Å². The van der Waals surface area contributed by atoms with Gasteiger partial charge >= 0.3 is 0 Å². The van der Waals surface area contributed by atoms with Crippen molar-refractivity contribution >= 4 is 23.2 Å². The number of amides is 2. The predicted molar refractivity (Wildman–Crippen MR) is 88.6 cm³/mol. The molecule has 1 unspecified atom stereocenters. The summed E-state index contributed by atoms with van der Waals surface area (Å²) in [4.78, 5) is 26.3. The SMILES string of the molecule is COc1cccc(NC(=O)C2CCC(=O)N2c2ccccc2)c1. The van der Waals surface area contributed by atoms with Gasteiger partial charge in [0.05, 0.1) is 7.11 Å². The number of nitrogens with one attached hydrogen (secondary N) is 1. The van der Waals surface area contributed by atoms with Gasteiger partial charge in [-0.25, -0.2) is 0 Å². The number of hydrogen-bond acceptors (Lipinski definition) is 3. The van der Waals surface area contributed by atoms with Crippen LogP contribution in [0.15, 0.2) is 54.6 Å². The van der Waals surface area contributed by atoms with E-state index in [-0.39, 0.29) is 11.8 Å². The fraction of sp³-hybridized carbons (Fsp3) is 0.222. The summed E-state index contributed by atoms with van der Waals surface area (Å²) in [6.07, 6.45) is 0.897. The minimum atomic E-state index is -0.490. The lowest BCUT2D eigenvalue weighted by Gasteiger charge is -2.24. The molecule has 0 spiro atoms. The average molecular weight is 310 g/mol. The van der Waals surface area contributed by atoms with Crippen molar-refractivity contribution in [2.24, 2.45) is 0 Å². The summed E-state index contributed by atoms with van der Waals surface area (Å²) in [7, 11) is 1.58. The number of carbonyl (C=O) groups is 2. The van der Waals surface area contributed by atoms with Crippen LogP contribution in [-0.4, -0.2) is 25.0 Å². The molecule has 2 amide bonds. The fourth-order valence-corrected chi connectivity index (χ4v) is 2.77. The number of carbonyl (C=O) groups excluding carboxylic acids is 2. The van der Waals surface area contributed by atoms with E-state index in [0.717, 1.165) is 5.69 Å². The maximum Gasteiger partial charge on any atom is 0.247 e. The van der Waals surface area contributed by atoms with E-state index in [4.69, 9.17) is 4.74 Å². The highest BCUT2D eigenvalue weighted by Gasteiger charge is 2.37. The first-order valence-corrected chi connectivity index (χ1v) is 7.51. The summed E-state index contributed by atoms with van der Waals surface area (Å²) < 4.78 is 5.15. The normalized spacial score (nSPS) is 17.2. The van der Waals surface area contributed by atoms with Gasteiger partial charge in [-0.3, -0.25) is 14.5 Å². The van der Waals surface area contributed by atoms with Crippen LogP contribution in [0.25, 0.3) is 0 Å². The van der Waals surface area contributed by atoms with Crippen LogP contribution in [0.4, 0.5) is 11.4 Å². The Morgan fingerprint density at radius 3 is 2.70 bits per heavy atom. The number of para-hydroxylation sites is 1. The standard InChI is InChI=1S/C18H18N2O3/c1-23-15-9-5-6-13(12-15)19-18(22)16-10-11-17(21)20(16)14-7-3-2-4-8-14/h2-9,12,16H,10-11H2,1H3,(H,19,22). The zero-order chi connectivity index (χ0) is 16.2. The first kappa shape index (κ1) is 15.1. The number of ether oxygens (including phenoxy) is 1. The molecule has 0 aliphatic carbocycles. The fourth-order valence-electron chi connectivity index (χ4n) is 2.77. The minimum Gasteiger partial charge on any atom is -0.497 e. The van der Waals surface area contributed by atoms with Gasteiger partial charge in [0.2, 0.25) is 11.8 Å². The van der Waals surface area contributed by atoms with Crippen LogP contribution in [0.2, 0.25) is 0 Å². The Labute approximate surface area is 134 Å². The number of methoxy groups -OCH3 is 1. The molecule has 118 valence electrons. The zero-order valence-corrected chi connectivity index (χ0v) is 12.9. The van der Waals surface area contributed by atoms with Crippen molar-refractivity contribution in [3.63, 3.8) is 0 Å². The second kappa shape index (κ2) is 6.52. The third kappa shape index (κ3) is 3.18. The van der Waals surface area contributed by atoms with Crippen LogP contribution in [0, 0.1) is 0 Å². The molecule has 1 aliphatic rings. The van der Waals surface area contributed by atoms with E-state index in [1.54, 1.807) is 24.1 Å². The number of rotatable bonds is 4. The van der Waals surface area contributed by atoms with Crippen molar-refractivity contribution in [3.8, 4) is 5.75 Å². The summed E-state index contributed by atoms with van der Waals surface area (Å²) in [5, 5.41) is 2.87. The largest absolute Gasteiger partial charge is 0.497 e. The Hall–Kier alpha value is -2.82.